The van der Waals surface area contributed by atoms with Crippen LogP contribution in [0.3, 0.4) is 0 Å². The van der Waals surface area contributed by atoms with Gasteiger partial charge in [0, 0.05) is 42.8 Å². The molecular weight excluding hydrogens is 921 g/mol. The van der Waals surface area contributed by atoms with Crippen LogP contribution in [0.2, 0.25) is 5.02 Å². The number of pyridine rings is 1. The number of hydrogen-bond donors (Lipinski definition) is 2. The topological polar surface area (TPSA) is 159 Å². The van der Waals surface area contributed by atoms with Crippen molar-refractivity contribution in [3.63, 3.8) is 0 Å². The first-order valence-electron chi connectivity index (χ1n) is 19.3. The van der Waals surface area contributed by atoms with Crippen LogP contribution in [0.1, 0.15) is 58.7 Å². The quantitative estimate of drug-likeness (QED) is 0.123. The maximum Gasteiger partial charge on any atom is 0.418 e. The lowest BCUT2D eigenvalue weighted by molar-refractivity contribution is -0.137. The molecule has 4 aromatic heterocycles. The number of aromatic nitrogens is 7. The number of alkyl halides is 7. The molecule has 0 spiro atoms. The standard InChI is InChI=1S/C41H29ClF9N9O4S/c1-58-34-28(8-7-25(42)31(34)37(56-58)57-65(2,63)64)60-38(54-26-13-18(5-6-21(26)39(60)62)32-23(41(49,50)51)4-3-9-52-32)27(12-17-10-19(43)14-20(44)11-17)53-29(61)16-59-35-30(33(55-59)36(45)46)22-15-24(22)40(35,47)48/h3-11,13-14,22,24,27,36H,12,15-16H2,1-2H3,(H,53,61)(H,56,57)/t22-,24+,27-/m0/s1. The first kappa shape index (κ1) is 43.7. The van der Waals surface area contributed by atoms with Gasteiger partial charge in [-0.1, -0.05) is 17.7 Å². The Morgan fingerprint density at radius 2 is 1.75 bits per heavy atom. The predicted molar refractivity (Wildman–Crippen MR) is 216 cm³/mol. The van der Waals surface area contributed by atoms with Gasteiger partial charge in [-0.2, -0.15) is 32.1 Å². The Bertz CT molecular complexity index is 3300. The van der Waals surface area contributed by atoms with E-state index in [2.05, 4.69) is 30.2 Å². The van der Waals surface area contributed by atoms with Crippen LogP contribution < -0.4 is 15.6 Å². The van der Waals surface area contributed by atoms with E-state index in [-0.39, 0.29) is 61.4 Å². The van der Waals surface area contributed by atoms with Crippen LogP contribution in [0.15, 0.2) is 71.7 Å². The van der Waals surface area contributed by atoms with Crippen LogP contribution in [0, 0.1) is 17.6 Å². The van der Waals surface area contributed by atoms with Crippen molar-refractivity contribution in [2.45, 2.75) is 49.9 Å². The maximum absolute atomic E-state index is 15.5. The van der Waals surface area contributed by atoms with E-state index in [1.807, 2.05) is 0 Å². The summed E-state index contributed by atoms with van der Waals surface area (Å²) in [6.45, 7) is -1.09. The van der Waals surface area contributed by atoms with Crippen molar-refractivity contribution in [2.24, 2.45) is 13.0 Å². The van der Waals surface area contributed by atoms with E-state index in [9.17, 15) is 48.7 Å². The van der Waals surface area contributed by atoms with Crippen molar-refractivity contribution in [1.82, 2.24) is 39.4 Å². The number of rotatable bonds is 11. The smallest absolute Gasteiger partial charge is 0.344 e. The van der Waals surface area contributed by atoms with Crippen LogP contribution in [0.25, 0.3) is 38.8 Å². The Balaban J connectivity index is 1.27. The minimum atomic E-state index is -4.88. The molecule has 3 aromatic carbocycles. The summed E-state index contributed by atoms with van der Waals surface area (Å²) in [5, 5.41) is 10.1. The summed E-state index contributed by atoms with van der Waals surface area (Å²) in [5.41, 5.74) is -5.50. The van der Waals surface area contributed by atoms with Crippen molar-refractivity contribution >= 4 is 55.2 Å². The molecule has 24 heteroatoms. The fraction of sp³-hybridized carbons (Fsp3) is 0.268. The van der Waals surface area contributed by atoms with E-state index in [1.54, 1.807) is 0 Å². The number of carbonyl (C=O) groups excluding carboxylic acids is 1. The Morgan fingerprint density at radius 1 is 1.03 bits per heavy atom. The highest BCUT2D eigenvalue weighted by atomic mass is 35.5. The molecule has 2 aliphatic rings. The van der Waals surface area contributed by atoms with Gasteiger partial charge in [0.1, 0.15) is 35.4 Å². The Labute approximate surface area is 364 Å². The van der Waals surface area contributed by atoms with E-state index in [1.165, 1.54) is 31.3 Å². The number of sulfonamides is 1. The summed E-state index contributed by atoms with van der Waals surface area (Å²) in [7, 11) is -2.62. The van der Waals surface area contributed by atoms with Crippen LogP contribution in [-0.2, 0) is 46.9 Å². The summed E-state index contributed by atoms with van der Waals surface area (Å²) < 4.78 is 161. The second-order valence-corrected chi connectivity index (χ2v) is 17.8. The number of hydrogen-bond acceptors (Lipinski definition) is 8. The van der Waals surface area contributed by atoms with Crippen LogP contribution >= 0.6 is 11.6 Å². The average molecular weight is 950 g/mol. The van der Waals surface area contributed by atoms with E-state index in [0.717, 1.165) is 52.0 Å². The SMILES string of the molecule is Cn1nc(NS(C)(=O)=O)c2c(Cl)ccc(-n3c([C@H](Cc4cc(F)cc(F)c4)NC(=O)Cn4nc(C(F)F)c5c4C(F)(F)[C@@H]4C[C@H]54)nc4cc(-c5ncccc5C(F)(F)F)ccc4c3=O)c21. The lowest BCUT2D eigenvalue weighted by Gasteiger charge is -2.24. The van der Waals surface area contributed by atoms with Crippen molar-refractivity contribution < 1.29 is 52.7 Å². The number of fused-ring (bicyclic) bond motifs is 5. The molecule has 338 valence electrons. The van der Waals surface area contributed by atoms with Gasteiger partial charge in [-0.05, 0) is 66.4 Å². The van der Waals surface area contributed by atoms with Crippen LogP contribution in [0.5, 0.6) is 0 Å². The average Bonchev–Trinajstić information content (AvgIpc) is 3.75. The maximum atomic E-state index is 15.5. The molecule has 13 nitrogen and oxygen atoms in total. The molecule has 1 amide bonds. The van der Waals surface area contributed by atoms with Crippen molar-refractivity contribution in [1.29, 1.82) is 0 Å². The lowest BCUT2D eigenvalue weighted by atomic mass is 10.0. The van der Waals surface area contributed by atoms with Crippen molar-refractivity contribution in [3.8, 4) is 16.9 Å². The molecule has 1 saturated carbocycles. The fourth-order valence-electron chi connectivity index (χ4n) is 8.59. The third-order valence-corrected chi connectivity index (χ3v) is 12.1. The van der Waals surface area contributed by atoms with Gasteiger partial charge in [0.2, 0.25) is 15.9 Å². The summed E-state index contributed by atoms with van der Waals surface area (Å²) in [6.07, 6.45) is -6.86. The zero-order valence-electron chi connectivity index (χ0n) is 33.2. The molecule has 7 aromatic rings. The van der Waals surface area contributed by atoms with Gasteiger partial charge in [-0.15, -0.1) is 0 Å². The molecule has 1 fully saturated rings. The van der Waals surface area contributed by atoms with Gasteiger partial charge in [0.15, 0.2) is 5.82 Å². The molecule has 65 heavy (non-hydrogen) atoms. The number of anilines is 1. The minimum absolute atomic E-state index is 0.0117. The summed E-state index contributed by atoms with van der Waals surface area (Å²) >= 11 is 6.58. The molecule has 0 radical (unpaired) electrons. The third-order valence-electron chi connectivity index (χ3n) is 11.2. The molecule has 4 heterocycles. The Hall–Kier alpha value is -6.49. The number of aryl methyl sites for hydroxylation is 1. The second-order valence-electron chi connectivity index (χ2n) is 15.7. The van der Waals surface area contributed by atoms with Crippen molar-refractivity contribution in [3.05, 3.63) is 128 Å². The first-order valence-corrected chi connectivity index (χ1v) is 21.5. The zero-order chi connectivity index (χ0) is 46.7. The number of nitrogens with zero attached hydrogens (tertiary/aromatic N) is 7. The molecule has 0 saturated heterocycles. The monoisotopic (exact) mass is 949 g/mol. The van der Waals surface area contributed by atoms with Crippen LogP contribution in [0.4, 0.5) is 45.3 Å². The molecule has 3 atom stereocenters. The van der Waals surface area contributed by atoms with Gasteiger partial charge in [-0.3, -0.25) is 33.2 Å². The highest BCUT2D eigenvalue weighted by Gasteiger charge is 2.67. The molecule has 9 rings (SSSR count). The summed E-state index contributed by atoms with van der Waals surface area (Å²) in [5.74, 6) is -9.84. The lowest BCUT2D eigenvalue weighted by Crippen LogP contribution is -2.38. The van der Waals surface area contributed by atoms with Gasteiger partial charge in [0.05, 0.1) is 56.1 Å². The largest absolute Gasteiger partial charge is 0.418 e. The van der Waals surface area contributed by atoms with Gasteiger partial charge < -0.3 is 5.32 Å². The predicted octanol–water partition coefficient (Wildman–Crippen LogP) is 8.10. The fourth-order valence-corrected chi connectivity index (χ4v) is 9.33. The molecule has 2 aliphatic carbocycles. The van der Waals surface area contributed by atoms with Gasteiger partial charge >= 0.3 is 6.18 Å². The number of benzene rings is 3. The minimum Gasteiger partial charge on any atom is -0.344 e. The molecule has 2 N–H and O–H groups in total. The normalized spacial score (nSPS) is 17.1. The molecule has 0 aliphatic heterocycles. The van der Waals surface area contributed by atoms with E-state index < -0.39 is 111 Å². The van der Waals surface area contributed by atoms with E-state index in [0.29, 0.717) is 10.7 Å². The third kappa shape index (κ3) is 7.72. The Kier molecular flexibility index (Phi) is 10.3. The van der Waals surface area contributed by atoms with E-state index >= 15 is 8.78 Å². The number of carbonyl (C=O) groups is 1. The number of halogens is 10. The number of amides is 1. The molecule has 0 bridgehead atoms. The highest BCUT2D eigenvalue weighted by molar-refractivity contribution is 7.92. The summed E-state index contributed by atoms with van der Waals surface area (Å²) in [4.78, 5) is 37.7. The van der Waals surface area contributed by atoms with Crippen molar-refractivity contribution in [2.75, 3.05) is 11.0 Å². The second kappa shape index (κ2) is 15.3. The van der Waals surface area contributed by atoms with Crippen LogP contribution in [-0.4, -0.2) is 54.7 Å². The van der Waals surface area contributed by atoms with E-state index in [4.69, 9.17) is 11.6 Å². The highest BCUT2D eigenvalue weighted by Crippen LogP contribution is 2.68. The number of nitrogens with one attached hydrogen (secondary N) is 2. The summed E-state index contributed by atoms with van der Waals surface area (Å²) in [6, 6.07) is 8.53. The van der Waals surface area contributed by atoms with Gasteiger partial charge in [-0.25, -0.2) is 31.0 Å². The molecular formula is C41H29ClF9N9O4S. The molecule has 0 unspecified atom stereocenters. The Morgan fingerprint density at radius 3 is 2.43 bits per heavy atom. The first-order chi connectivity index (χ1) is 30.5. The zero-order valence-corrected chi connectivity index (χ0v) is 34.8. The van der Waals surface area contributed by atoms with Gasteiger partial charge in [0.25, 0.3) is 17.9 Å².